The standard InChI is InChI=1S/C19H17NO3/c1-11-4-7-14(8-5-11)16-17(21)19(23)20(18(16)22)15-9-6-12(2)13(3)10-15/h4-10,21H,1-3H3. The lowest BCUT2D eigenvalue weighted by molar-refractivity contribution is -0.121. The number of aryl methyl sites for hydroxylation is 3. The van der Waals surface area contributed by atoms with E-state index >= 15 is 0 Å². The average Bonchev–Trinajstić information content (AvgIpc) is 2.74. The van der Waals surface area contributed by atoms with E-state index in [9.17, 15) is 14.7 Å². The number of rotatable bonds is 2. The Balaban J connectivity index is 2.05. The Morgan fingerprint density at radius 3 is 2.09 bits per heavy atom. The summed E-state index contributed by atoms with van der Waals surface area (Å²) in [4.78, 5) is 26.1. The number of aliphatic hydroxyl groups excluding tert-OH is 1. The van der Waals surface area contributed by atoms with Crippen LogP contribution in [0.2, 0.25) is 0 Å². The molecule has 0 aliphatic carbocycles. The summed E-state index contributed by atoms with van der Waals surface area (Å²) in [5.41, 5.74) is 4.15. The van der Waals surface area contributed by atoms with E-state index in [0.29, 0.717) is 11.3 Å². The minimum absolute atomic E-state index is 0.0493. The van der Waals surface area contributed by atoms with Crippen LogP contribution >= 0.6 is 0 Å². The van der Waals surface area contributed by atoms with Crippen molar-refractivity contribution in [2.45, 2.75) is 20.8 Å². The summed E-state index contributed by atoms with van der Waals surface area (Å²) in [6.07, 6.45) is 0. The van der Waals surface area contributed by atoms with Gasteiger partial charge >= 0.3 is 5.91 Å². The van der Waals surface area contributed by atoms with Gasteiger partial charge < -0.3 is 5.11 Å². The third-order valence-electron chi connectivity index (χ3n) is 4.15. The van der Waals surface area contributed by atoms with Crippen molar-refractivity contribution in [2.24, 2.45) is 0 Å². The lowest BCUT2D eigenvalue weighted by atomic mass is 10.0. The van der Waals surface area contributed by atoms with E-state index in [-0.39, 0.29) is 5.57 Å². The van der Waals surface area contributed by atoms with Gasteiger partial charge in [-0.25, -0.2) is 4.90 Å². The molecule has 4 heteroatoms. The number of anilines is 1. The van der Waals surface area contributed by atoms with Crippen molar-refractivity contribution in [2.75, 3.05) is 4.90 Å². The first-order valence-corrected chi connectivity index (χ1v) is 7.36. The molecule has 1 heterocycles. The Labute approximate surface area is 134 Å². The molecular formula is C19H17NO3. The molecule has 2 aromatic carbocycles. The van der Waals surface area contributed by atoms with E-state index in [1.807, 2.05) is 39.0 Å². The minimum Gasteiger partial charge on any atom is -0.502 e. The molecule has 0 fully saturated rings. The predicted octanol–water partition coefficient (Wildman–Crippen LogP) is 3.45. The second kappa shape index (κ2) is 5.39. The largest absolute Gasteiger partial charge is 0.502 e. The van der Waals surface area contributed by atoms with Crippen LogP contribution in [0.5, 0.6) is 0 Å². The minimum atomic E-state index is -0.686. The second-order valence-corrected chi connectivity index (χ2v) is 5.80. The molecule has 0 saturated carbocycles. The fraction of sp³-hybridized carbons (Fsp3) is 0.158. The normalized spacial score (nSPS) is 14.8. The molecule has 0 radical (unpaired) electrons. The Kier molecular flexibility index (Phi) is 3.52. The number of hydrogen-bond donors (Lipinski definition) is 1. The van der Waals surface area contributed by atoms with Crippen LogP contribution in [-0.4, -0.2) is 16.9 Å². The van der Waals surface area contributed by atoms with Gasteiger partial charge in [-0.15, -0.1) is 0 Å². The van der Waals surface area contributed by atoms with E-state index in [1.54, 1.807) is 24.3 Å². The van der Waals surface area contributed by atoms with Crippen LogP contribution in [-0.2, 0) is 9.59 Å². The molecule has 3 rings (SSSR count). The van der Waals surface area contributed by atoms with Gasteiger partial charge in [0, 0.05) is 0 Å². The van der Waals surface area contributed by atoms with Crippen molar-refractivity contribution in [3.8, 4) is 0 Å². The Morgan fingerprint density at radius 1 is 0.826 bits per heavy atom. The van der Waals surface area contributed by atoms with Gasteiger partial charge in [-0.2, -0.15) is 0 Å². The molecule has 0 unspecified atom stereocenters. The molecule has 2 amide bonds. The van der Waals surface area contributed by atoms with E-state index < -0.39 is 17.6 Å². The summed E-state index contributed by atoms with van der Waals surface area (Å²) in [6, 6.07) is 12.5. The van der Waals surface area contributed by atoms with Gasteiger partial charge in [0.25, 0.3) is 5.91 Å². The van der Waals surface area contributed by atoms with Crippen molar-refractivity contribution in [1.29, 1.82) is 0 Å². The molecule has 2 aromatic rings. The number of carbonyl (C=O) groups is 2. The van der Waals surface area contributed by atoms with E-state index in [0.717, 1.165) is 21.6 Å². The first-order chi connectivity index (χ1) is 10.9. The fourth-order valence-corrected chi connectivity index (χ4v) is 2.60. The molecule has 0 bridgehead atoms. The first-order valence-electron chi connectivity index (χ1n) is 7.36. The predicted molar refractivity (Wildman–Crippen MR) is 89.1 cm³/mol. The molecular weight excluding hydrogens is 290 g/mol. The molecule has 1 N–H and O–H groups in total. The van der Waals surface area contributed by atoms with E-state index in [2.05, 4.69) is 0 Å². The summed E-state index contributed by atoms with van der Waals surface area (Å²) >= 11 is 0. The summed E-state index contributed by atoms with van der Waals surface area (Å²) in [5.74, 6) is -1.69. The van der Waals surface area contributed by atoms with Crippen LogP contribution in [0, 0.1) is 20.8 Å². The lowest BCUT2D eigenvalue weighted by Crippen LogP contribution is -2.31. The zero-order valence-corrected chi connectivity index (χ0v) is 13.3. The fourth-order valence-electron chi connectivity index (χ4n) is 2.60. The molecule has 116 valence electrons. The highest BCUT2D eigenvalue weighted by Crippen LogP contribution is 2.32. The summed E-state index contributed by atoms with van der Waals surface area (Å²) in [7, 11) is 0. The molecule has 23 heavy (non-hydrogen) atoms. The smallest absolute Gasteiger partial charge is 0.301 e. The van der Waals surface area contributed by atoms with Crippen LogP contribution < -0.4 is 4.90 Å². The zero-order valence-electron chi connectivity index (χ0n) is 13.3. The summed E-state index contributed by atoms with van der Waals surface area (Å²) < 4.78 is 0. The maximum Gasteiger partial charge on any atom is 0.301 e. The van der Waals surface area contributed by atoms with Crippen molar-refractivity contribution < 1.29 is 14.7 Å². The van der Waals surface area contributed by atoms with Gasteiger partial charge in [0.1, 0.15) is 0 Å². The number of nitrogens with zero attached hydrogens (tertiary/aromatic N) is 1. The number of imide groups is 1. The molecule has 0 saturated heterocycles. The van der Waals surface area contributed by atoms with Gasteiger partial charge in [-0.3, -0.25) is 9.59 Å². The van der Waals surface area contributed by atoms with E-state index in [1.165, 1.54) is 0 Å². The molecule has 0 atom stereocenters. The number of benzene rings is 2. The molecule has 1 aliphatic heterocycles. The maximum absolute atomic E-state index is 12.7. The second-order valence-electron chi connectivity index (χ2n) is 5.80. The van der Waals surface area contributed by atoms with Crippen molar-refractivity contribution in [3.63, 3.8) is 0 Å². The molecule has 4 nitrogen and oxygen atoms in total. The van der Waals surface area contributed by atoms with E-state index in [4.69, 9.17) is 0 Å². The maximum atomic E-state index is 12.7. The average molecular weight is 307 g/mol. The number of aliphatic hydroxyl groups is 1. The summed E-state index contributed by atoms with van der Waals surface area (Å²) in [6.45, 7) is 5.80. The number of carbonyl (C=O) groups excluding carboxylic acids is 2. The van der Waals surface area contributed by atoms with Gasteiger partial charge in [0.2, 0.25) is 0 Å². The van der Waals surface area contributed by atoms with Crippen LogP contribution in [0.25, 0.3) is 5.57 Å². The molecule has 1 aliphatic rings. The monoisotopic (exact) mass is 307 g/mol. The van der Waals surface area contributed by atoms with Crippen molar-refractivity contribution in [1.82, 2.24) is 0 Å². The number of hydrogen-bond acceptors (Lipinski definition) is 3. The Morgan fingerprint density at radius 2 is 1.48 bits per heavy atom. The Bertz CT molecular complexity index is 847. The highest BCUT2D eigenvalue weighted by Gasteiger charge is 2.40. The molecule has 0 aromatic heterocycles. The molecule has 0 spiro atoms. The Hall–Kier alpha value is -2.88. The van der Waals surface area contributed by atoms with Crippen LogP contribution in [0.3, 0.4) is 0 Å². The zero-order chi connectivity index (χ0) is 16.7. The van der Waals surface area contributed by atoms with Gasteiger partial charge in [0.15, 0.2) is 5.76 Å². The topological polar surface area (TPSA) is 57.6 Å². The van der Waals surface area contributed by atoms with Crippen LogP contribution in [0.1, 0.15) is 22.3 Å². The quantitative estimate of drug-likeness (QED) is 0.865. The third kappa shape index (κ3) is 2.42. The first kappa shape index (κ1) is 15.0. The van der Waals surface area contributed by atoms with Crippen LogP contribution in [0.15, 0.2) is 48.2 Å². The van der Waals surface area contributed by atoms with Crippen molar-refractivity contribution >= 4 is 23.1 Å². The van der Waals surface area contributed by atoms with Gasteiger partial charge in [-0.1, -0.05) is 35.9 Å². The van der Waals surface area contributed by atoms with Gasteiger partial charge in [-0.05, 0) is 49.6 Å². The van der Waals surface area contributed by atoms with Gasteiger partial charge in [0.05, 0.1) is 11.3 Å². The highest BCUT2D eigenvalue weighted by atomic mass is 16.3. The SMILES string of the molecule is Cc1ccc(C2=C(O)C(=O)N(c3ccc(C)c(C)c3)C2=O)cc1. The lowest BCUT2D eigenvalue weighted by Gasteiger charge is -2.16. The highest BCUT2D eigenvalue weighted by molar-refractivity contribution is 6.44. The van der Waals surface area contributed by atoms with Crippen molar-refractivity contribution in [3.05, 3.63) is 70.5 Å². The third-order valence-corrected chi connectivity index (χ3v) is 4.15. The van der Waals surface area contributed by atoms with Crippen LogP contribution in [0.4, 0.5) is 5.69 Å². The number of amides is 2. The summed E-state index contributed by atoms with van der Waals surface area (Å²) in [5, 5.41) is 10.2.